The van der Waals surface area contributed by atoms with E-state index in [1.807, 2.05) is 0 Å². The van der Waals surface area contributed by atoms with Crippen molar-refractivity contribution in [3.05, 3.63) is 12.2 Å². The molecule has 2 atom stereocenters. The smallest absolute Gasteiger partial charge is 0.313 e. The first kappa shape index (κ1) is 12.2. The molecule has 0 amide bonds. The van der Waals surface area contributed by atoms with Crippen molar-refractivity contribution in [3.8, 4) is 0 Å². The first-order valence-corrected chi connectivity index (χ1v) is 4.24. The van der Waals surface area contributed by atoms with Gasteiger partial charge < -0.3 is 10.2 Å². The summed E-state index contributed by atoms with van der Waals surface area (Å²) in [6, 6.07) is 0. The van der Waals surface area contributed by atoms with E-state index in [1.165, 1.54) is 0 Å². The van der Waals surface area contributed by atoms with Gasteiger partial charge in [-0.25, -0.2) is 0 Å². The third-order valence-electron chi connectivity index (χ3n) is 2.00. The molecular formula is C10H18O3. The standard InChI is InChI=1S/C10H18O3/c1-6(2)7(9(12)13)8(11)10(3,4)5/h7-8,11H,1H2,2-5H3,(H,12,13). The molecule has 0 aromatic heterocycles. The van der Waals surface area contributed by atoms with Gasteiger partial charge in [0.05, 0.1) is 6.10 Å². The fraction of sp³-hybridized carbons (Fsp3) is 0.700. The average molecular weight is 186 g/mol. The Balaban J connectivity index is 4.77. The van der Waals surface area contributed by atoms with E-state index in [4.69, 9.17) is 5.11 Å². The van der Waals surface area contributed by atoms with Crippen molar-refractivity contribution in [2.75, 3.05) is 0 Å². The molecule has 0 saturated carbocycles. The lowest BCUT2D eigenvalue weighted by atomic mass is 9.79. The van der Waals surface area contributed by atoms with Gasteiger partial charge >= 0.3 is 5.97 Å². The van der Waals surface area contributed by atoms with Crippen LogP contribution < -0.4 is 0 Å². The van der Waals surface area contributed by atoms with Gasteiger partial charge in [0.25, 0.3) is 0 Å². The number of rotatable bonds is 3. The second-order valence-corrected chi connectivity index (χ2v) is 4.47. The van der Waals surface area contributed by atoms with Gasteiger partial charge in [-0.15, -0.1) is 0 Å². The molecule has 0 aliphatic carbocycles. The van der Waals surface area contributed by atoms with Crippen molar-refractivity contribution >= 4 is 5.97 Å². The van der Waals surface area contributed by atoms with Crippen LogP contribution in [0.2, 0.25) is 0 Å². The van der Waals surface area contributed by atoms with Crippen molar-refractivity contribution in [1.29, 1.82) is 0 Å². The summed E-state index contributed by atoms with van der Waals surface area (Å²) < 4.78 is 0. The molecule has 0 fully saturated rings. The maximum absolute atomic E-state index is 10.8. The molecule has 3 nitrogen and oxygen atoms in total. The Labute approximate surface area is 79.1 Å². The average Bonchev–Trinajstić information content (AvgIpc) is 1.82. The summed E-state index contributed by atoms with van der Waals surface area (Å²) in [7, 11) is 0. The minimum absolute atomic E-state index is 0.442. The molecule has 76 valence electrons. The van der Waals surface area contributed by atoms with Crippen LogP contribution in [0.1, 0.15) is 27.7 Å². The van der Waals surface area contributed by atoms with Gasteiger partial charge in [0.15, 0.2) is 0 Å². The molecule has 0 saturated heterocycles. The van der Waals surface area contributed by atoms with E-state index in [0.717, 1.165) is 0 Å². The van der Waals surface area contributed by atoms with Crippen molar-refractivity contribution in [2.24, 2.45) is 11.3 Å². The van der Waals surface area contributed by atoms with E-state index < -0.39 is 23.4 Å². The summed E-state index contributed by atoms with van der Waals surface area (Å²) >= 11 is 0. The van der Waals surface area contributed by atoms with Crippen LogP contribution in [-0.4, -0.2) is 22.3 Å². The van der Waals surface area contributed by atoms with E-state index in [-0.39, 0.29) is 0 Å². The summed E-state index contributed by atoms with van der Waals surface area (Å²) in [5, 5.41) is 18.6. The van der Waals surface area contributed by atoms with Crippen LogP contribution >= 0.6 is 0 Å². The second kappa shape index (κ2) is 3.92. The van der Waals surface area contributed by atoms with Crippen molar-refractivity contribution in [2.45, 2.75) is 33.8 Å². The number of hydrogen-bond donors (Lipinski definition) is 2. The molecule has 13 heavy (non-hydrogen) atoms. The van der Waals surface area contributed by atoms with Crippen LogP contribution in [-0.2, 0) is 4.79 Å². The molecule has 0 aromatic carbocycles. The number of carboxylic acid groups (broad SMARTS) is 1. The monoisotopic (exact) mass is 186 g/mol. The predicted octanol–water partition coefficient (Wildman–Crippen LogP) is 1.67. The lowest BCUT2D eigenvalue weighted by Gasteiger charge is -2.30. The van der Waals surface area contributed by atoms with Gasteiger partial charge in [0.1, 0.15) is 5.92 Å². The highest BCUT2D eigenvalue weighted by molar-refractivity contribution is 5.74. The fourth-order valence-electron chi connectivity index (χ4n) is 1.12. The third-order valence-corrected chi connectivity index (χ3v) is 2.00. The third kappa shape index (κ3) is 3.19. The Bertz CT molecular complexity index is 199. The van der Waals surface area contributed by atoms with E-state index in [2.05, 4.69) is 6.58 Å². The van der Waals surface area contributed by atoms with Crippen molar-refractivity contribution in [3.63, 3.8) is 0 Å². The summed E-state index contributed by atoms with van der Waals surface area (Å²) in [5.41, 5.74) is 0.0390. The molecule has 2 N–H and O–H groups in total. The zero-order valence-electron chi connectivity index (χ0n) is 8.66. The molecule has 0 radical (unpaired) electrons. The quantitative estimate of drug-likeness (QED) is 0.659. The Morgan fingerprint density at radius 1 is 1.38 bits per heavy atom. The molecule has 0 heterocycles. The molecule has 0 aliphatic rings. The number of aliphatic hydroxyl groups excluding tert-OH is 1. The molecule has 0 aliphatic heterocycles. The van der Waals surface area contributed by atoms with Crippen LogP contribution in [0.15, 0.2) is 12.2 Å². The maximum Gasteiger partial charge on any atom is 0.313 e. The predicted molar refractivity (Wildman–Crippen MR) is 51.4 cm³/mol. The van der Waals surface area contributed by atoms with Gasteiger partial charge in [-0.2, -0.15) is 0 Å². The summed E-state index contributed by atoms with van der Waals surface area (Å²) in [6.45, 7) is 10.6. The van der Waals surface area contributed by atoms with Crippen molar-refractivity contribution < 1.29 is 15.0 Å². The fourth-order valence-corrected chi connectivity index (χ4v) is 1.12. The number of aliphatic hydroxyl groups is 1. The van der Waals surface area contributed by atoms with E-state index in [0.29, 0.717) is 5.57 Å². The Morgan fingerprint density at radius 2 is 1.77 bits per heavy atom. The van der Waals surface area contributed by atoms with Gasteiger partial charge in [-0.3, -0.25) is 4.79 Å². The van der Waals surface area contributed by atoms with E-state index in [9.17, 15) is 9.90 Å². The first-order chi connectivity index (χ1) is 5.68. The largest absolute Gasteiger partial charge is 0.481 e. The number of aliphatic carboxylic acids is 1. The summed E-state index contributed by atoms with van der Waals surface area (Å²) in [6.07, 6.45) is -0.900. The van der Waals surface area contributed by atoms with Gasteiger partial charge in [-0.05, 0) is 12.3 Å². The number of carboxylic acids is 1. The number of carbonyl (C=O) groups is 1. The lowest BCUT2D eigenvalue weighted by molar-refractivity contribution is -0.146. The first-order valence-electron chi connectivity index (χ1n) is 4.24. The van der Waals surface area contributed by atoms with Crippen LogP contribution in [0.3, 0.4) is 0 Å². The SMILES string of the molecule is C=C(C)C(C(=O)O)C(O)C(C)(C)C. The van der Waals surface area contributed by atoms with Crippen LogP contribution in [0.5, 0.6) is 0 Å². The molecular weight excluding hydrogens is 168 g/mol. The zero-order valence-corrected chi connectivity index (χ0v) is 8.66. The highest BCUT2D eigenvalue weighted by Gasteiger charge is 2.35. The molecule has 3 heteroatoms. The van der Waals surface area contributed by atoms with Crippen LogP contribution in [0, 0.1) is 11.3 Å². The Kier molecular flexibility index (Phi) is 3.67. The molecule has 0 aromatic rings. The zero-order chi connectivity index (χ0) is 10.8. The topological polar surface area (TPSA) is 57.5 Å². The summed E-state index contributed by atoms with van der Waals surface area (Å²) in [4.78, 5) is 10.8. The number of hydrogen-bond acceptors (Lipinski definition) is 2. The highest BCUT2D eigenvalue weighted by atomic mass is 16.4. The van der Waals surface area contributed by atoms with Crippen LogP contribution in [0.4, 0.5) is 0 Å². The molecule has 0 bridgehead atoms. The molecule has 0 rings (SSSR count). The lowest BCUT2D eigenvalue weighted by Crippen LogP contribution is -2.38. The second-order valence-electron chi connectivity index (χ2n) is 4.47. The van der Waals surface area contributed by atoms with Gasteiger partial charge in [0.2, 0.25) is 0 Å². The van der Waals surface area contributed by atoms with E-state index in [1.54, 1.807) is 27.7 Å². The van der Waals surface area contributed by atoms with Gasteiger partial charge in [-0.1, -0.05) is 32.9 Å². The summed E-state index contributed by atoms with van der Waals surface area (Å²) in [5.74, 6) is -1.89. The minimum atomic E-state index is -1.02. The Morgan fingerprint density at radius 3 is 1.85 bits per heavy atom. The van der Waals surface area contributed by atoms with Crippen molar-refractivity contribution in [1.82, 2.24) is 0 Å². The van der Waals surface area contributed by atoms with Gasteiger partial charge in [0, 0.05) is 0 Å². The van der Waals surface area contributed by atoms with E-state index >= 15 is 0 Å². The Hall–Kier alpha value is -0.830. The van der Waals surface area contributed by atoms with Crippen LogP contribution in [0.25, 0.3) is 0 Å². The highest BCUT2D eigenvalue weighted by Crippen LogP contribution is 2.28. The molecule has 2 unspecified atom stereocenters. The minimum Gasteiger partial charge on any atom is -0.481 e. The maximum atomic E-state index is 10.8. The molecule has 0 spiro atoms. The normalized spacial score (nSPS) is 16.4.